The van der Waals surface area contributed by atoms with Gasteiger partial charge in [-0.25, -0.2) is 12.7 Å². The molecule has 5 nitrogen and oxygen atoms in total. The third-order valence-corrected chi connectivity index (χ3v) is 4.86. The Morgan fingerprint density at radius 2 is 2.00 bits per heavy atom. The fourth-order valence-corrected chi connectivity index (χ4v) is 3.41. The predicted octanol–water partition coefficient (Wildman–Crippen LogP) is 2.21. The van der Waals surface area contributed by atoms with Gasteiger partial charge in [0.1, 0.15) is 5.75 Å². The maximum atomic E-state index is 12.5. The maximum Gasteiger partial charge on any atom is 0.242 e. The van der Waals surface area contributed by atoms with Gasteiger partial charge in [0.15, 0.2) is 0 Å². The van der Waals surface area contributed by atoms with E-state index in [2.05, 4.69) is 0 Å². The lowest BCUT2D eigenvalue weighted by atomic mass is 10.2. The topological polar surface area (TPSA) is 72.6 Å². The summed E-state index contributed by atoms with van der Waals surface area (Å²) < 4.78 is 32.0. The van der Waals surface area contributed by atoms with Crippen LogP contribution in [0.1, 0.15) is 32.8 Å². The molecule has 0 atom stereocenters. The van der Waals surface area contributed by atoms with Crippen molar-refractivity contribution in [2.24, 2.45) is 11.7 Å². The Morgan fingerprint density at radius 3 is 2.52 bits per heavy atom. The van der Waals surface area contributed by atoms with E-state index in [0.717, 1.165) is 6.42 Å². The zero-order valence-electron chi connectivity index (χ0n) is 13.3. The van der Waals surface area contributed by atoms with Crippen LogP contribution < -0.4 is 10.5 Å². The fraction of sp³-hybridized carbons (Fsp3) is 0.600. The van der Waals surface area contributed by atoms with Crippen molar-refractivity contribution in [3.05, 3.63) is 23.8 Å². The van der Waals surface area contributed by atoms with Crippen LogP contribution in [-0.2, 0) is 16.6 Å². The Hall–Kier alpha value is -1.11. The molecule has 0 amide bonds. The molecule has 0 aliphatic carbocycles. The minimum Gasteiger partial charge on any atom is -0.493 e. The van der Waals surface area contributed by atoms with E-state index >= 15 is 0 Å². The molecule has 120 valence electrons. The van der Waals surface area contributed by atoms with E-state index in [9.17, 15) is 8.42 Å². The van der Waals surface area contributed by atoms with Gasteiger partial charge in [-0.2, -0.15) is 0 Å². The number of nitrogens with zero attached hydrogens (tertiary/aromatic N) is 1. The molecule has 6 heteroatoms. The normalized spacial score (nSPS) is 12.1. The summed E-state index contributed by atoms with van der Waals surface area (Å²) in [4.78, 5) is 0.259. The van der Waals surface area contributed by atoms with Crippen LogP contribution in [0.4, 0.5) is 0 Å². The van der Waals surface area contributed by atoms with E-state index in [1.54, 1.807) is 25.2 Å². The Morgan fingerprint density at radius 1 is 1.33 bits per heavy atom. The molecule has 0 aromatic heterocycles. The molecule has 21 heavy (non-hydrogen) atoms. The molecule has 0 saturated carbocycles. The highest BCUT2D eigenvalue weighted by Gasteiger charge is 2.22. The number of hydrogen-bond acceptors (Lipinski definition) is 4. The van der Waals surface area contributed by atoms with E-state index in [1.807, 2.05) is 20.8 Å². The summed E-state index contributed by atoms with van der Waals surface area (Å²) in [5.41, 5.74) is 6.41. The molecule has 0 fully saturated rings. The van der Waals surface area contributed by atoms with Crippen molar-refractivity contribution in [2.75, 3.05) is 20.2 Å². The molecule has 1 rings (SSSR count). The molecule has 0 radical (unpaired) electrons. The van der Waals surface area contributed by atoms with Crippen LogP contribution in [0.3, 0.4) is 0 Å². The van der Waals surface area contributed by atoms with Crippen molar-refractivity contribution in [1.29, 1.82) is 0 Å². The zero-order chi connectivity index (χ0) is 16.0. The first-order valence-corrected chi connectivity index (χ1v) is 8.69. The standard InChI is InChI=1S/C15H26N2O3S/c1-5-8-20-15-7-6-14(9-13(15)10-16)21(18,19)17(4)11-12(2)3/h6-7,9,12H,5,8,10-11,16H2,1-4H3. The molecule has 1 aromatic carbocycles. The molecular formula is C15H26N2O3S. The van der Waals surface area contributed by atoms with Crippen LogP contribution in [-0.4, -0.2) is 32.9 Å². The van der Waals surface area contributed by atoms with Crippen molar-refractivity contribution >= 4 is 10.0 Å². The summed E-state index contributed by atoms with van der Waals surface area (Å²) in [7, 11) is -1.89. The quantitative estimate of drug-likeness (QED) is 0.798. The van der Waals surface area contributed by atoms with Crippen LogP contribution in [0.5, 0.6) is 5.75 Å². The summed E-state index contributed by atoms with van der Waals surface area (Å²) in [6.45, 7) is 7.30. The Balaban J connectivity index is 3.08. The van der Waals surface area contributed by atoms with E-state index in [-0.39, 0.29) is 17.4 Å². The summed E-state index contributed by atoms with van der Waals surface area (Å²) in [6, 6.07) is 4.88. The first kappa shape index (κ1) is 17.9. The van der Waals surface area contributed by atoms with Crippen LogP contribution in [0.2, 0.25) is 0 Å². The highest BCUT2D eigenvalue weighted by atomic mass is 32.2. The molecule has 0 aliphatic heterocycles. The van der Waals surface area contributed by atoms with E-state index in [0.29, 0.717) is 24.5 Å². The monoisotopic (exact) mass is 314 g/mol. The van der Waals surface area contributed by atoms with Gasteiger partial charge in [0, 0.05) is 25.7 Å². The largest absolute Gasteiger partial charge is 0.493 e. The second kappa shape index (κ2) is 7.77. The summed E-state index contributed by atoms with van der Waals surface area (Å²) in [5, 5.41) is 0. The SMILES string of the molecule is CCCOc1ccc(S(=O)(=O)N(C)CC(C)C)cc1CN. The Labute approximate surface area is 128 Å². The number of hydrogen-bond donors (Lipinski definition) is 1. The highest BCUT2D eigenvalue weighted by Crippen LogP contribution is 2.24. The van der Waals surface area contributed by atoms with Crippen molar-refractivity contribution in [2.45, 2.75) is 38.6 Å². The summed E-state index contributed by atoms with van der Waals surface area (Å²) in [5.74, 6) is 0.927. The lowest BCUT2D eigenvalue weighted by molar-refractivity contribution is 0.314. The molecule has 0 spiro atoms. The van der Waals surface area contributed by atoms with E-state index < -0.39 is 10.0 Å². The zero-order valence-corrected chi connectivity index (χ0v) is 14.1. The minimum atomic E-state index is -3.48. The van der Waals surface area contributed by atoms with Gasteiger partial charge in [0.25, 0.3) is 0 Å². The number of benzene rings is 1. The smallest absolute Gasteiger partial charge is 0.242 e. The van der Waals surface area contributed by atoms with Gasteiger partial charge in [0.05, 0.1) is 11.5 Å². The van der Waals surface area contributed by atoms with Crippen molar-refractivity contribution in [3.63, 3.8) is 0 Å². The van der Waals surface area contributed by atoms with Gasteiger partial charge in [-0.15, -0.1) is 0 Å². The molecule has 0 unspecified atom stereocenters. The highest BCUT2D eigenvalue weighted by molar-refractivity contribution is 7.89. The number of nitrogens with two attached hydrogens (primary N) is 1. The van der Waals surface area contributed by atoms with Crippen molar-refractivity contribution < 1.29 is 13.2 Å². The third-order valence-electron chi connectivity index (χ3n) is 3.04. The summed E-state index contributed by atoms with van der Waals surface area (Å²) in [6.07, 6.45) is 0.890. The van der Waals surface area contributed by atoms with Crippen LogP contribution in [0.15, 0.2) is 23.1 Å². The third kappa shape index (κ3) is 4.69. The second-order valence-corrected chi connectivity index (χ2v) is 7.55. The van der Waals surface area contributed by atoms with Gasteiger partial charge in [0.2, 0.25) is 10.0 Å². The molecule has 0 bridgehead atoms. The molecule has 2 N–H and O–H groups in total. The van der Waals surface area contributed by atoms with Crippen LogP contribution in [0, 0.1) is 5.92 Å². The Bertz CT molecular complexity index is 556. The van der Waals surface area contributed by atoms with Gasteiger partial charge in [-0.05, 0) is 30.5 Å². The lowest BCUT2D eigenvalue weighted by Gasteiger charge is -2.20. The van der Waals surface area contributed by atoms with Gasteiger partial charge in [-0.1, -0.05) is 20.8 Å². The first-order chi connectivity index (χ1) is 9.82. The van der Waals surface area contributed by atoms with E-state index in [1.165, 1.54) is 4.31 Å². The minimum absolute atomic E-state index is 0.246. The van der Waals surface area contributed by atoms with Crippen molar-refractivity contribution in [3.8, 4) is 5.75 Å². The molecular weight excluding hydrogens is 288 g/mol. The molecule has 0 aliphatic rings. The number of ether oxygens (including phenoxy) is 1. The average molecular weight is 314 g/mol. The Kier molecular flexibility index (Phi) is 6.64. The molecule has 0 heterocycles. The predicted molar refractivity (Wildman–Crippen MR) is 84.8 cm³/mol. The number of sulfonamides is 1. The van der Waals surface area contributed by atoms with Gasteiger partial charge < -0.3 is 10.5 Å². The second-order valence-electron chi connectivity index (χ2n) is 5.50. The van der Waals surface area contributed by atoms with Crippen LogP contribution >= 0.6 is 0 Å². The van der Waals surface area contributed by atoms with Crippen LogP contribution in [0.25, 0.3) is 0 Å². The first-order valence-electron chi connectivity index (χ1n) is 7.25. The lowest BCUT2D eigenvalue weighted by Crippen LogP contribution is -2.30. The van der Waals surface area contributed by atoms with E-state index in [4.69, 9.17) is 10.5 Å². The van der Waals surface area contributed by atoms with Gasteiger partial charge >= 0.3 is 0 Å². The van der Waals surface area contributed by atoms with Crippen molar-refractivity contribution in [1.82, 2.24) is 4.31 Å². The number of rotatable bonds is 8. The molecule has 1 aromatic rings. The molecule has 0 saturated heterocycles. The fourth-order valence-electron chi connectivity index (χ4n) is 2.02. The average Bonchev–Trinajstić information content (AvgIpc) is 2.43. The van der Waals surface area contributed by atoms with Gasteiger partial charge in [-0.3, -0.25) is 0 Å². The summed E-state index contributed by atoms with van der Waals surface area (Å²) >= 11 is 0. The maximum absolute atomic E-state index is 12.5.